The van der Waals surface area contributed by atoms with Crippen LogP contribution in [0.5, 0.6) is 5.75 Å². The van der Waals surface area contributed by atoms with Gasteiger partial charge in [0.2, 0.25) is 0 Å². The number of aliphatic imine (C=N–C) groups is 1. The fourth-order valence-electron chi connectivity index (χ4n) is 2.38. The molecule has 4 nitrogen and oxygen atoms in total. The number of hydrogen-bond donors (Lipinski definition) is 1. The fourth-order valence-corrected chi connectivity index (χ4v) is 2.38. The molecule has 0 radical (unpaired) electrons. The van der Waals surface area contributed by atoms with Gasteiger partial charge < -0.3 is 15.4 Å². The lowest BCUT2D eigenvalue weighted by Crippen LogP contribution is -2.41. The molecular weight excluding hydrogens is 295 g/mol. The number of guanidine groups is 1. The van der Waals surface area contributed by atoms with Crippen molar-refractivity contribution in [3.63, 3.8) is 0 Å². The van der Waals surface area contributed by atoms with Crippen molar-refractivity contribution in [2.24, 2.45) is 10.7 Å². The Balaban J connectivity index is 1.81. The summed E-state index contributed by atoms with van der Waals surface area (Å²) in [5.74, 6) is 0.337. The van der Waals surface area contributed by atoms with E-state index in [0.29, 0.717) is 18.9 Å². The molecule has 0 spiro atoms. The second-order valence-corrected chi connectivity index (χ2v) is 5.23. The summed E-state index contributed by atoms with van der Waals surface area (Å²) in [4.78, 5) is 6.41. The number of hydrogen-bond acceptors (Lipinski definition) is 2. The van der Waals surface area contributed by atoms with Gasteiger partial charge >= 0.3 is 6.36 Å². The lowest BCUT2D eigenvalue weighted by molar-refractivity contribution is -0.274. The number of halogens is 3. The molecule has 0 aromatic heterocycles. The molecular formula is C15H20F3N3O. The van der Waals surface area contributed by atoms with E-state index in [9.17, 15) is 13.2 Å². The Morgan fingerprint density at radius 1 is 1.14 bits per heavy atom. The van der Waals surface area contributed by atoms with Gasteiger partial charge in [0.1, 0.15) is 5.75 Å². The van der Waals surface area contributed by atoms with Crippen LogP contribution in [-0.2, 0) is 6.42 Å². The first kappa shape index (κ1) is 16.5. The Morgan fingerprint density at radius 2 is 1.77 bits per heavy atom. The summed E-state index contributed by atoms with van der Waals surface area (Å²) in [7, 11) is 0. The zero-order chi connectivity index (χ0) is 16.0. The van der Waals surface area contributed by atoms with Crippen molar-refractivity contribution < 1.29 is 17.9 Å². The summed E-state index contributed by atoms with van der Waals surface area (Å²) in [6.07, 6.45) is -0.528. The maximum atomic E-state index is 12.1. The minimum absolute atomic E-state index is 0.215. The first-order valence-electron chi connectivity index (χ1n) is 7.33. The van der Waals surface area contributed by atoms with Gasteiger partial charge in [-0.05, 0) is 43.4 Å². The summed E-state index contributed by atoms with van der Waals surface area (Å²) in [6, 6.07) is 5.82. The molecule has 0 bridgehead atoms. The van der Waals surface area contributed by atoms with Crippen molar-refractivity contribution >= 4 is 5.96 Å². The minimum atomic E-state index is -4.66. The van der Waals surface area contributed by atoms with Crippen molar-refractivity contribution in [1.29, 1.82) is 0 Å². The second-order valence-electron chi connectivity index (χ2n) is 5.23. The van der Waals surface area contributed by atoms with Gasteiger partial charge in [0.15, 0.2) is 5.96 Å². The van der Waals surface area contributed by atoms with Crippen molar-refractivity contribution in [3.8, 4) is 5.75 Å². The van der Waals surface area contributed by atoms with E-state index in [1.807, 2.05) is 0 Å². The molecule has 1 aromatic rings. The van der Waals surface area contributed by atoms with Crippen LogP contribution in [0.2, 0.25) is 0 Å². The Labute approximate surface area is 127 Å². The zero-order valence-corrected chi connectivity index (χ0v) is 12.3. The number of nitrogens with zero attached hydrogens (tertiary/aromatic N) is 2. The third-order valence-corrected chi connectivity index (χ3v) is 3.51. The highest BCUT2D eigenvalue weighted by Crippen LogP contribution is 2.22. The standard InChI is InChI=1S/C15H20F3N3O/c16-15(17,18)22-13-6-4-12(5-7-13)8-9-20-14(19)21-10-2-1-3-11-21/h4-7H,1-3,8-11H2,(H2,19,20). The third kappa shape index (κ3) is 5.46. The van der Waals surface area contributed by atoms with Gasteiger partial charge in [0.25, 0.3) is 0 Å². The molecule has 1 aliphatic heterocycles. The average Bonchev–Trinajstić information content (AvgIpc) is 2.48. The lowest BCUT2D eigenvalue weighted by atomic mass is 10.1. The van der Waals surface area contributed by atoms with Gasteiger partial charge in [-0.1, -0.05) is 12.1 Å². The molecule has 1 aromatic carbocycles. The van der Waals surface area contributed by atoms with Gasteiger partial charge in [0, 0.05) is 19.6 Å². The van der Waals surface area contributed by atoms with Crippen LogP contribution in [0.3, 0.4) is 0 Å². The molecule has 0 amide bonds. The predicted molar refractivity (Wildman–Crippen MR) is 78.7 cm³/mol. The Hall–Kier alpha value is -1.92. The van der Waals surface area contributed by atoms with E-state index in [0.717, 1.165) is 31.5 Å². The molecule has 1 fully saturated rings. The molecule has 22 heavy (non-hydrogen) atoms. The van der Waals surface area contributed by atoms with E-state index in [-0.39, 0.29) is 5.75 Å². The van der Waals surface area contributed by atoms with Crippen LogP contribution in [0.1, 0.15) is 24.8 Å². The highest BCUT2D eigenvalue weighted by molar-refractivity contribution is 5.78. The Kier molecular flexibility index (Phi) is 5.51. The van der Waals surface area contributed by atoms with Gasteiger partial charge in [-0.3, -0.25) is 4.99 Å². The highest BCUT2D eigenvalue weighted by atomic mass is 19.4. The van der Waals surface area contributed by atoms with E-state index in [2.05, 4.69) is 14.6 Å². The third-order valence-electron chi connectivity index (χ3n) is 3.51. The normalized spacial score (nSPS) is 16.7. The second kappa shape index (κ2) is 7.38. The van der Waals surface area contributed by atoms with E-state index in [1.54, 1.807) is 12.1 Å². The van der Waals surface area contributed by atoms with Crippen LogP contribution in [-0.4, -0.2) is 36.9 Å². The number of alkyl halides is 3. The van der Waals surface area contributed by atoms with Crippen molar-refractivity contribution in [1.82, 2.24) is 4.90 Å². The summed E-state index contributed by atoms with van der Waals surface area (Å²) < 4.78 is 40.0. The molecule has 0 unspecified atom stereocenters. The zero-order valence-electron chi connectivity index (χ0n) is 12.3. The molecule has 0 saturated carbocycles. The van der Waals surface area contributed by atoms with Crippen LogP contribution < -0.4 is 10.5 Å². The summed E-state index contributed by atoms with van der Waals surface area (Å²) >= 11 is 0. The summed E-state index contributed by atoms with van der Waals surface area (Å²) in [5.41, 5.74) is 6.83. The van der Waals surface area contributed by atoms with Gasteiger partial charge in [0.05, 0.1) is 0 Å². The highest BCUT2D eigenvalue weighted by Gasteiger charge is 2.30. The van der Waals surface area contributed by atoms with Crippen LogP contribution in [0.15, 0.2) is 29.3 Å². The molecule has 2 N–H and O–H groups in total. The number of rotatable bonds is 4. The molecule has 7 heteroatoms. The number of benzene rings is 1. The van der Waals surface area contributed by atoms with Crippen LogP contribution in [0.25, 0.3) is 0 Å². The van der Waals surface area contributed by atoms with Gasteiger partial charge in [-0.15, -0.1) is 13.2 Å². The molecule has 1 heterocycles. The molecule has 122 valence electrons. The molecule has 0 atom stereocenters. The van der Waals surface area contributed by atoms with Crippen LogP contribution in [0.4, 0.5) is 13.2 Å². The molecule has 1 aliphatic rings. The Morgan fingerprint density at radius 3 is 2.36 bits per heavy atom. The molecule has 0 aliphatic carbocycles. The quantitative estimate of drug-likeness (QED) is 0.686. The number of ether oxygens (including phenoxy) is 1. The predicted octanol–water partition coefficient (Wildman–Crippen LogP) is 2.93. The number of nitrogens with two attached hydrogens (primary N) is 1. The molecule has 1 saturated heterocycles. The maximum Gasteiger partial charge on any atom is 0.573 e. The maximum absolute atomic E-state index is 12.1. The average molecular weight is 315 g/mol. The monoisotopic (exact) mass is 315 g/mol. The Bertz CT molecular complexity index is 494. The topological polar surface area (TPSA) is 50.9 Å². The van der Waals surface area contributed by atoms with Crippen molar-refractivity contribution in [2.45, 2.75) is 32.0 Å². The van der Waals surface area contributed by atoms with E-state index in [4.69, 9.17) is 5.73 Å². The fraction of sp³-hybridized carbons (Fsp3) is 0.533. The minimum Gasteiger partial charge on any atom is -0.406 e. The molecule has 2 rings (SSSR count). The number of piperidine rings is 1. The van der Waals surface area contributed by atoms with E-state index in [1.165, 1.54) is 18.6 Å². The van der Waals surface area contributed by atoms with E-state index < -0.39 is 6.36 Å². The first-order valence-corrected chi connectivity index (χ1v) is 7.33. The van der Waals surface area contributed by atoms with Gasteiger partial charge in [-0.2, -0.15) is 0 Å². The van der Waals surface area contributed by atoms with Crippen LogP contribution in [0, 0.1) is 0 Å². The first-order chi connectivity index (χ1) is 10.4. The van der Waals surface area contributed by atoms with Crippen molar-refractivity contribution in [2.75, 3.05) is 19.6 Å². The van der Waals surface area contributed by atoms with E-state index >= 15 is 0 Å². The summed E-state index contributed by atoms with van der Waals surface area (Å²) in [6.45, 7) is 2.40. The lowest BCUT2D eigenvalue weighted by Gasteiger charge is -2.27. The van der Waals surface area contributed by atoms with Gasteiger partial charge in [-0.25, -0.2) is 0 Å². The number of likely N-dealkylation sites (tertiary alicyclic amines) is 1. The largest absolute Gasteiger partial charge is 0.573 e. The van der Waals surface area contributed by atoms with Crippen LogP contribution >= 0.6 is 0 Å². The SMILES string of the molecule is NC(=NCCc1ccc(OC(F)(F)F)cc1)N1CCCCC1. The van der Waals surface area contributed by atoms with Crippen molar-refractivity contribution in [3.05, 3.63) is 29.8 Å². The summed E-state index contributed by atoms with van der Waals surface area (Å²) in [5, 5.41) is 0. The smallest absolute Gasteiger partial charge is 0.406 e.